The van der Waals surface area contributed by atoms with Gasteiger partial charge >= 0.3 is 0 Å². The fraction of sp³-hybridized carbons (Fsp3) is 0.0164. The maximum atomic E-state index is 6.73. The van der Waals surface area contributed by atoms with Crippen LogP contribution in [0.1, 0.15) is 0 Å². The van der Waals surface area contributed by atoms with Crippen molar-refractivity contribution < 1.29 is 4.42 Å². The summed E-state index contributed by atoms with van der Waals surface area (Å²) in [5, 5.41) is 12.5. The molecule has 0 aliphatic carbocycles. The summed E-state index contributed by atoms with van der Waals surface area (Å²) in [4.78, 5) is 13.2. The second-order valence-electron chi connectivity index (χ2n) is 17.7. The van der Waals surface area contributed by atoms with Gasteiger partial charge in [0.1, 0.15) is 17.2 Å². The molecule has 0 unspecified atom stereocenters. The first-order valence-corrected chi connectivity index (χ1v) is 27.2. The molecule has 0 atom stereocenters. The lowest BCUT2D eigenvalue weighted by molar-refractivity contribution is 0.667. The zero-order chi connectivity index (χ0) is 45.2. The van der Waals surface area contributed by atoms with Gasteiger partial charge in [-0.15, -0.1) is 0 Å². The van der Waals surface area contributed by atoms with Crippen LogP contribution in [0.2, 0.25) is 0 Å². The van der Waals surface area contributed by atoms with E-state index in [2.05, 4.69) is 259 Å². The van der Waals surface area contributed by atoms with Gasteiger partial charge in [0, 0.05) is 39.9 Å². The van der Waals surface area contributed by atoms with E-state index in [1.54, 1.807) is 0 Å². The minimum atomic E-state index is -3.12. The van der Waals surface area contributed by atoms with Crippen molar-refractivity contribution >= 4 is 108 Å². The molecule has 13 rings (SSSR count). The molecule has 9 aromatic carbocycles. The first-order valence-electron chi connectivity index (χ1n) is 23.2. The molecule has 322 valence electrons. The van der Waals surface area contributed by atoms with Crippen molar-refractivity contribution in [2.45, 2.75) is 0 Å². The average molecular weight is 905 g/mol. The Morgan fingerprint density at radius 3 is 1.78 bits per heavy atom. The highest BCUT2D eigenvalue weighted by Crippen LogP contribution is 2.41. The lowest BCUT2D eigenvalue weighted by atomic mass is 10.1. The summed E-state index contributed by atoms with van der Waals surface area (Å²) in [5.74, 6) is 1.87. The van der Waals surface area contributed by atoms with Crippen molar-refractivity contribution in [3.8, 4) is 11.4 Å². The highest BCUT2D eigenvalue weighted by Gasteiger charge is 2.51. The minimum Gasteiger partial charge on any atom is -0.454 e. The molecule has 1 aliphatic heterocycles. The number of imidazole rings is 1. The minimum absolute atomic E-state index is 0.793. The third kappa shape index (κ3) is 5.86. The van der Waals surface area contributed by atoms with E-state index in [4.69, 9.17) is 14.4 Å². The highest BCUT2D eigenvalue weighted by atomic mass is 28.3. The van der Waals surface area contributed by atoms with E-state index in [0.29, 0.717) is 0 Å². The molecule has 5 nitrogen and oxygen atoms in total. The van der Waals surface area contributed by atoms with E-state index in [9.17, 15) is 0 Å². The SMILES string of the molecule is Cn1c(-c2cccc([Si](c3ccccc3)(c3ccccc3)c3cccc(N4c5ccccc5[Si](c5ccccc5)(c5ccccc5)c5c4ncc4oc6ccccc6c54)c3)c2)nc2ccccc21. The molecule has 0 radical (unpaired) electrons. The Labute approximate surface area is 396 Å². The van der Waals surface area contributed by atoms with Gasteiger partial charge in [0.15, 0.2) is 21.7 Å². The van der Waals surface area contributed by atoms with Crippen molar-refractivity contribution in [1.82, 2.24) is 14.5 Å². The van der Waals surface area contributed by atoms with Crippen molar-refractivity contribution in [2.75, 3.05) is 4.90 Å². The summed E-state index contributed by atoms with van der Waals surface area (Å²) in [6.07, 6.45) is 1.95. The Kier molecular flexibility index (Phi) is 9.35. The van der Waals surface area contributed by atoms with Gasteiger partial charge in [-0.3, -0.25) is 4.90 Å². The van der Waals surface area contributed by atoms with Crippen LogP contribution in [0.25, 0.3) is 44.4 Å². The molecular weight excluding hydrogens is 861 g/mol. The van der Waals surface area contributed by atoms with E-state index in [0.717, 1.165) is 61.6 Å². The summed E-state index contributed by atoms with van der Waals surface area (Å²) in [7, 11) is -4.10. The van der Waals surface area contributed by atoms with Crippen LogP contribution < -0.4 is 46.4 Å². The molecule has 0 amide bonds. The number of hydrogen-bond donors (Lipinski definition) is 0. The number of para-hydroxylation sites is 4. The van der Waals surface area contributed by atoms with Crippen LogP contribution in [0.4, 0.5) is 17.2 Å². The smallest absolute Gasteiger partial charge is 0.187 e. The summed E-state index contributed by atoms with van der Waals surface area (Å²) in [6, 6.07) is 89.2. The molecule has 1 aliphatic rings. The maximum absolute atomic E-state index is 6.73. The normalized spacial score (nSPS) is 13.2. The zero-order valence-electron chi connectivity index (χ0n) is 37.4. The van der Waals surface area contributed by atoms with E-state index in [-0.39, 0.29) is 0 Å². The van der Waals surface area contributed by atoms with E-state index in [1.807, 2.05) is 6.20 Å². The van der Waals surface area contributed by atoms with Crippen molar-refractivity contribution in [2.24, 2.45) is 7.05 Å². The Balaban J connectivity index is 1.12. The summed E-state index contributed by atoms with van der Waals surface area (Å²) >= 11 is 0. The molecule has 68 heavy (non-hydrogen) atoms. The number of anilines is 3. The van der Waals surface area contributed by atoms with Crippen LogP contribution in [0.5, 0.6) is 0 Å². The van der Waals surface area contributed by atoms with Gasteiger partial charge in [-0.2, -0.15) is 0 Å². The largest absolute Gasteiger partial charge is 0.454 e. The zero-order valence-corrected chi connectivity index (χ0v) is 39.4. The van der Waals surface area contributed by atoms with E-state index >= 15 is 0 Å². The molecule has 0 N–H and O–H groups in total. The fourth-order valence-electron chi connectivity index (χ4n) is 11.4. The lowest BCUT2D eigenvalue weighted by Crippen LogP contribution is -2.77. The number of aromatic nitrogens is 3. The molecule has 0 saturated carbocycles. The molecular formula is C61H44N4OSi2. The maximum Gasteiger partial charge on any atom is 0.187 e. The molecule has 3 aromatic heterocycles. The molecule has 0 saturated heterocycles. The summed E-state index contributed by atoms with van der Waals surface area (Å²) in [6.45, 7) is 0. The third-order valence-corrected chi connectivity index (χ3v) is 23.8. The summed E-state index contributed by atoms with van der Waals surface area (Å²) < 4.78 is 8.95. The first kappa shape index (κ1) is 40.0. The Morgan fingerprint density at radius 2 is 1.07 bits per heavy atom. The number of nitrogens with zero attached hydrogens (tertiary/aromatic N) is 4. The van der Waals surface area contributed by atoms with Gasteiger partial charge in [0.05, 0.1) is 17.2 Å². The number of fused-ring (bicyclic) bond motifs is 7. The number of furan rings is 1. The van der Waals surface area contributed by atoms with Gasteiger partial charge in [0.25, 0.3) is 0 Å². The molecule has 0 spiro atoms. The predicted octanol–water partition coefficient (Wildman–Crippen LogP) is 9.07. The molecule has 4 heterocycles. The molecule has 0 fully saturated rings. The number of pyridine rings is 1. The van der Waals surface area contributed by atoms with Crippen molar-refractivity contribution in [1.29, 1.82) is 0 Å². The number of hydrogen-bond acceptors (Lipinski definition) is 4. The third-order valence-electron chi connectivity index (χ3n) is 14.2. The second-order valence-corrected chi connectivity index (χ2v) is 25.2. The average Bonchev–Trinajstić information content (AvgIpc) is 3.97. The van der Waals surface area contributed by atoms with Crippen LogP contribution in [-0.2, 0) is 7.05 Å². The quantitative estimate of drug-likeness (QED) is 0.113. The molecule has 7 heteroatoms. The first-order chi connectivity index (χ1) is 33.7. The molecule has 0 bridgehead atoms. The number of aryl methyl sites for hydroxylation is 1. The van der Waals surface area contributed by atoms with Gasteiger partial charge < -0.3 is 8.98 Å². The Morgan fingerprint density at radius 1 is 0.500 bits per heavy atom. The van der Waals surface area contributed by atoms with Crippen LogP contribution >= 0.6 is 0 Å². The standard InChI is InChI=1S/C61H44N4OSi2/c1-64-53-36-16-15-35-52(53)63-60(64)43-22-20-32-49(40-43)67(45-24-6-2-7-25-45,46-26-8-3-9-27-46)50-33-21-23-44(41-50)65-54-37-17-19-39-57(54)68(47-28-10-4-11-29-47,48-30-12-5-13-31-48)59-58-51-34-14-18-38-55(51)66-56(58)42-62-61(59)65/h2-42H,1H3. The van der Waals surface area contributed by atoms with Crippen LogP contribution in [-0.4, -0.2) is 30.7 Å². The Hall–Kier alpha value is -8.37. The fourth-order valence-corrected chi connectivity index (χ4v) is 21.5. The van der Waals surface area contributed by atoms with E-state index < -0.39 is 16.1 Å². The van der Waals surface area contributed by atoms with Crippen molar-refractivity contribution in [3.05, 3.63) is 249 Å². The summed E-state index contributed by atoms with van der Waals surface area (Å²) in [5.41, 5.74) is 7.02. The Bertz CT molecular complexity index is 3750. The lowest BCUT2D eigenvalue weighted by Gasteiger charge is -2.44. The topological polar surface area (TPSA) is 47.1 Å². The van der Waals surface area contributed by atoms with Gasteiger partial charge in [-0.25, -0.2) is 9.97 Å². The van der Waals surface area contributed by atoms with Crippen LogP contribution in [0, 0.1) is 0 Å². The molecule has 12 aromatic rings. The number of rotatable bonds is 8. The highest BCUT2D eigenvalue weighted by molar-refractivity contribution is 7.22. The second kappa shape index (κ2) is 15.9. The van der Waals surface area contributed by atoms with Crippen LogP contribution in [0.15, 0.2) is 253 Å². The van der Waals surface area contributed by atoms with Gasteiger partial charge in [0.2, 0.25) is 0 Å². The van der Waals surface area contributed by atoms with Gasteiger partial charge in [-0.05, 0) is 72.7 Å². The number of benzene rings is 9. The predicted molar refractivity (Wildman–Crippen MR) is 287 cm³/mol. The van der Waals surface area contributed by atoms with Crippen molar-refractivity contribution in [3.63, 3.8) is 0 Å². The van der Waals surface area contributed by atoms with E-state index in [1.165, 1.54) is 41.5 Å². The monoisotopic (exact) mass is 904 g/mol. The van der Waals surface area contributed by atoms with Crippen LogP contribution in [0.3, 0.4) is 0 Å². The van der Waals surface area contributed by atoms with Gasteiger partial charge in [-0.1, -0.05) is 206 Å².